The first kappa shape index (κ1) is 11.8. The Morgan fingerprint density at radius 2 is 2.47 bits per heavy atom. The number of hydrogen-bond donors (Lipinski definition) is 1. The summed E-state index contributed by atoms with van der Waals surface area (Å²) in [6, 6.07) is 3.56. The summed E-state index contributed by atoms with van der Waals surface area (Å²) in [7, 11) is 0. The number of nitrogens with one attached hydrogen (secondary N) is 1. The van der Waals surface area contributed by atoms with Crippen molar-refractivity contribution in [3.05, 3.63) is 21.4 Å². The van der Waals surface area contributed by atoms with Crippen molar-refractivity contribution in [2.75, 3.05) is 11.9 Å². The minimum atomic E-state index is -0.596. The summed E-state index contributed by atoms with van der Waals surface area (Å²) in [5.41, 5.74) is 0.852. The molecule has 1 amide bonds. The van der Waals surface area contributed by atoms with E-state index in [-0.39, 0.29) is 6.61 Å². The molecule has 0 saturated heterocycles. The topological polar surface area (TPSA) is 51.2 Å². The highest BCUT2D eigenvalue weighted by atomic mass is 127. The molecule has 1 aromatic rings. The molecule has 0 saturated carbocycles. The van der Waals surface area contributed by atoms with Crippen molar-refractivity contribution in [2.45, 2.75) is 6.92 Å². The molecular formula is C10H9IN2O2. The highest BCUT2D eigenvalue weighted by Gasteiger charge is 2.04. The molecule has 0 aliphatic heterocycles. The number of amides is 1. The van der Waals surface area contributed by atoms with Crippen molar-refractivity contribution in [1.29, 1.82) is 0 Å². The van der Waals surface area contributed by atoms with Gasteiger partial charge in [0, 0.05) is 3.57 Å². The van der Waals surface area contributed by atoms with Gasteiger partial charge in [-0.2, -0.15) is 0 Å². The minimum Gasteiger partial charge on any atom is -0.436 e. The number of aryl methyl sites for hydroxylation is 1. The van der Waals surface area contributed by atoms with Gasteiger partial charge in [-0.15, -0.1) is 6.42 Å². The normalized spacial score (nSPS) is 9.13. The summed E-state index contributed by atoms with van der Waals surface area (Å²) in [5.74, 6) is 2.65. The third-order valence-corrected chi connectivity index (χ3v) is 2.68. The summed E-state index contributed by atoms with van der Waals surface area (Å²) >= 11 is 2.16. The van der Waals surface area contributed by atoms with Crippen LogP contribution in [0.2, 0.25) is 0 Å². The number of anilines is 1. The molecule has 0 fully saturated rings. The predicted octanol–water partition coefficient (Wildman–Crippen LogP) is 2.18. The summed E-state index contributed by atoms with van der Waals surface area (Å²) < 4.78 is 5.67. The maximum Gasteiger partial charge on any atom is 0.413 e. The second-order valence-corrected chi connectivity index (χ2v) is 3.83. The quantitative estimate of drug-likeness (QED) is 0.672. The van der Waals surface area contributed by atoms with Crippen molar-refractivity contribution in [3.8, 4) is 12.3 Å². The first-order valence-electron chi connectivity index (χ1n) is 4.14. The maximum absolute atomic E-state index is 11.1. The number of nitrogens with zero attached hydrogens (tertiary/aromatic N) is 1. The van der Waals surface area contributed by atoms with Gasteiger partial charge >= 0.3 is 6.09 Å². The van der Waals surface area contributed by atoms with Crippen molar-refractivity contribution in [1.82, 2.24) is 4.98 Å². The number of terminal acetylenes is 1. The van der Waals surface area contributed by atoms with Crippen molar-refractivity contribution in [3.63, 3.8) is 0 Å². The molecule has 0 aromatic carbocycles. The van der Waals surface area contributed by atoms with E-state index in [1.54, 1.807) is 6.07 Å². The van der Waals surface area contributed by atoms with E-state index in [1.807, 2.05) is 13.0 Å². The average Bonchev–Trinajstić information content (AvgIpc) is 2.20. The number of ether oxygens (including phenoxy) is 1. The third-order valence-electron chi connectivity index (χ3n) is 1.54. The van der Waals surface area contributed by atoms with E-state index in [4.69, 9.17) is 6.42 Å². The lowest BCUT2D eigenvalue weighted by atomic mass is 10.4. The number of pyridine rings is 1. The van der Waals surface area contributed by atoms with E-state index in [0.29, 0.717) is 5.82 Å². The number of hydrogen-bond acceptors (Lipinski definition) is 3. The van der Waals surface area contributed by atoms with Crippen LogP contribution in [0.1, 0.15) is 5.69 Å². The Morgan fingerprint density at radius 1 is 1.73 bits per heavy atom. The van der Waals surface area contributed by atoms with E-state index in [9.17, 15) is 4.79 Å². The van der Waals surface area contributed by atoms with Crippen molar-refractivity contribution in [2.24, 2.45) is 0 Å². The lowest BCUT2D eigenvalue weighted by molar-refractivity contribution is 0.176. The Labute approximate surface area is 102 Å². The van der Waals surface area contributed by atoms with Crippen LogP contribution in [0.3, 0.4) is 0 Å². The van der Waals surface area contributed by atoms with Gasteiger partial charge in [0.25, 0.3) is 0 Å². The Morgan fingerprint density at radius 3 is 3.07 bits per heavy atom. The van der Waals surface area contributed by atoms with Crippen LogP contribution in [0.15, 0.2) is 12.1 Å². The predicted molar refractivity (Wildman–Crippen MR) is 65.5 cm³/mol. The molecule has 0 aliphatic rings. The number of carbonyl (C=O) groups excluding carboxylic acids is 1. The standard InChI is InChI=1S/C10H9IN2O2/c1-3-6-15-10(14)13-9-5-4-8(11)7(2)12-9/h1,4-5H,6H2,2H3,(H,12,13,14). The number of aromatic nitrogens is 1. The zero-order chi connectivity index (χ0) is 11.3. The number of carbonyl (C=O) groups is 1. The fraction of sp³-hybridized carbons (Fsp3) is 0.200. The Balaban J connectivity index is 2.62. The summed E-state index contributed by atoms with van der Waals surface area (Å²) in [5, 5.41) is 2.47. The molecule has 0 unspecified atom stereocenters. The lowest BCUT2D eigenvalue weighted by Crippen LogP contribution is -2.15. The fourth-order valence-corrected chi connectivity index (χ4v) is 1.16. The monoisotopic (exact) mass is 316 g/mol. The highest BCUT2D eigenvalue weighted by molar-refractivity contribution is 14.1. The molecule has 0 atom stereocenters. The summed E-state index contributed by atoms with van der Waals surface area (Å²) in [4.78, 5) is 15.2. The van der Waals surface area contributed by atoms with Crippen LogP contribution in [-0.2, 0) is 4.74 Å². The van der Waals surface area contributed by atoms with Crippen LogP contribution in [0.5, 0.6) is 0 Å². The van der Waals surface area contributed by atoms with Gasteiger partial charge in [0.05, 0.1) is 5.69 Å². The van der Waals surface area contributed by atoms with Gasteiger partial charge in [-0.05, 0) is 41.6 Å². The highest BCUT2D eigenvalue weighted by Crippen LogP contribution is 2.12. The first-order valence-corrected chi connectivity index (χ1v) is 5.21. The molecule has 1 heterocycles. The van der Waals surface area contributed by atoms with Crippen LogP contribution in [0.25, 0.3) is 0 Å². The molecule has 1 aromatic heterocycles. The third kappa shape index (κ3) is 3.75. The van der Waals surface area contributed by atoms with Crippen LogP contribution in [-0.4, -0.2) is 17.7 Å². The zero-order valence-corrected chi connectivity index (χ0v) is 10.2. The summed E-state index contributed by atoms with van der Waals surface area (Å²) in [6.45, 7) is 1.81. The fourth-order valence-electron chi connectivity index (χ4n) is 0.862. The molecule has 0 aliphatic carbocycles. The molecule has 0 spiro atoms. The second-order valence-electron chi connectivity index (χ2n) is 2.67. The molecule has 4 nitrogen and oxygen atoms in total. The zero-order valence-electron chi connectivity index (χ0n) is 8.08. The number of halogens is 1. The first-order chi connectivity index (χ1) is 7.13. The van der Waals surface area contributed by atoms with E-state index in [1.165, 1.54) is 0 Å². The van der Waals surface area contributed by atoms with Crippen molar-refractivity contribution < 1.29 is 9.53 Å². The molecule has 1 rings (SSSR count). The molecule has 78 valence electrons. The van der Waals surface area contributed by atoms with Gasteiger partial charge in [-0.1, -0.05) is 5.92 Å². The summed E-state index contributed by atoms with van der Waals surface area (Å²) in [6.07, 6.45) is 4.35. The Bertz CT molecular complexity index is 412. The van der Waals surface area contributed by atoms with Crippen LogP contribution in [0.4, 0.5) is 10.6 Å². The van der Waals surface area contributed by atoms with Gasteiger partial charge in [0.1, 0.15) is 5.82 Å². The smallest absolute Gasteiger partial charge is 0.413 e. The molecule has 0 radical (unpaired) electrons. The van der Waals surface area contributed by atoms with Crippen LogP contribution < -0.4 is 5.32 Å². The van der Waals surface area contributed by atoms with Crippen LogP contribution in [0, 0.1) is 22.8 Å². The van der Waals surface area contributed by atoms with E-state index < -0.39 is 6.09 Å². The van der Waals surface area contributed by atoms with Crippen LogP contribution >= 0.6 is 22.6 Å². The molecule has 0 bridgehead atoms. The van der Waals surface area contributed by atoms with Gasteiger partial charge in [-0.3, -0.25) is 5.32 Å². The maximum atomic E-state index is 11.1. The van der Waals surface area contributed by atoms with Crippen molar-refractivity contribution >= 4 is 34.5 Å². The second kappa shape index (κ2) is 5.56. The lowest BCUT2D eigenvalue weighted by Gasteiger charge is -2.05. The Hall–Kier alpha value is -1.29. The van der Waals surface area contributed by atoms with E-state index in [2.05, 4.69) is 43.5 Å². The van der Waals surface area contributed by atoms with E-state index in [0.717, 1.165) is 9.26 Å². The SMILES string of the molecule is C#CCOC(=O)Nc1ccc(I)c(C)n1. The number of rotatable bonds is 2. The molecule has 5 heteroatoms. The van der Waals surface area contributed by atoms with Gasteiger partial charge in [0.15, 0.2) is 6.61 Å². The largest absolute Gasteiger partial charge is 0.436 e. The average molecular weight is 316 g/mol. The molecule has 1 N–H and O–H groups in total. The molecular weight excluding hydrogens is 307 g/mol. The minimum absolute atomic E-state index is 0.0464. The van der Waals surface area contributed by atoms with Gasteiger partial charge in [0.2, 0.25) is 0 Å². The molecule has 15 heavy (non-hydrogen) atoms. The van der Waals surface area contributed by atoms with E-state index >= 15 is 0 Å². The van der Waals surface area contributed by atoms with Gasteiger partial charge < -0.3 is 4.74 Å². The Kier molecular flexibility index (Phi) is 4.37. The van der Waals surface area contributed by atoms with Gasteiger partial charge in [-0.25, -0.2) is 9.78 Å².